The highest BCUT2D eigenvalue weighted by molar-refractivity contribution is 5.78. The number of para-hydroxylation sites is 8. The summed E-state index contributed by atoms with van der Waals surface area (Å²) in [6.45, 7) is 0. The van der Waals surface area contributed by atoms with Crippen LogP contribution in [0, 0.1) is 116 Å². The van der Waals surface area contributed by atoms with Crippen molar-refractivity contribution in [1.29, 1.82) is 0 Å². The zero-order valence-electron chi connectivity index (χ0n) is 79.9. The van der Waals surface area contributed by atoms with Crippen LogP contribution >= 0.6 is 0 Å². The zero-order valence-corrected chi connectivity index (χ0v) is 79.9. The molecule has 12 heterocycles. The molecule has 16 atom stereocenters. The summed E-state index contributed by atoms with van der Waals surface area (Å²) in [5.41, 5.74) is 16.5. The van der Waals surface area contributed by atoms with Gasteiger partial charge in [-0.25, -0.2) is 37.5 Å². The van der Waals surface area contributed by atoms with Gasteiger partial charge >= 0.3 is 0 Å². The SMILES string of the molecule is O[C@@H](C[C@@H]1c2c(F)cccc2-c2cncn21)C12CC3CC(C1)C(Nc1nc4ccccc4o1)C(C3)C2.O[C@@H](C[C@H]1c2c(F)cccc2-c2cncn21)C12CC3CC(C1)C(Nc1nc4ccccc4o1)C(C3)C2.O[C@H](C[C@@H]1c2c(F)cccc2-c2cncn21)C12CC3CC(C1)C(Nc1nc4ccccc4o1)C(C3)C2.O[C@H](C[C@H]1c2c(F)cccc2-c2cncn21)C12CC3CC(C1)C(Nc1nc4ccccc4o1)C(C3)C2. The molecule has 8 N–H and O–H groups in total. The van der Waals surface area contributed by atoms with Gasteiger partial charge in [0, 0.05) is 68.7 Å². The van der Waals surface area contributed by atoms with E-state index in [-0.39, 0.29) is 69.1 Å². The second-order valence-electron chi connectivity index (χ2n) is 46.6. The number of benzene rings is 8. The van der Waals surface area contributed by atoms with Crippen molar-refractivity contribution < 1.29 is 55.7 Å². The van der Waals surface area contributed by atoms with Crippen LogP contribution in [-0.4, -0.2) is 127 Å². The van der Waals surface area contributed by atoms with E-state index in [0.29, 0.717) is 167 Å². The summed E-state index contributed by atoms with van der Waals surface area (Å²) in [7, 11) is 0. The largest absolute Gasteiger partial charge is 0.424 e. The fraction of sp³-hybridized carbons (Fsp3) is 0.448. The second-order valence-corrected chi connectivity index (χ2v) is 46.6. The Hall–Kier alpha value is -12.8. The van der Waals surface area contributed by atoms with Gasteiger partial charge in [-0.2, -0.15) is 19.9 Å². The third-order valence-electron chi connectivity index (χ3n) is 38.9. The van der Waals surface area contributed by atoms with Gasteiger partial charge in [0.2, 0.25) is 0 Å². The topological polar surface area (TPSA) is 304 Å². The van der Waals surface area contributed by atoms with Crippen molar-refractivity contribution in [3.8, 4) is 45.0 Å². The highest BCUT2D eigenvalue weighted by Gasteiger charge is 2.64. The van der Waals surface area contributed by atoms with Crippen LogP contribution in [0.1, 0.15) is 201 Å². The van der Waals surface area contributed by atoms with Crippen molar-refractivity contribution in [1.82, 2.24) is 58.1 Å². The van der Waals surface area contributed by atoms with Crippen LogP contribution in [0.3, 0.4) is 0 Å². The average molecular weight is 1940 g/mol. The van der Waals surface area contributed by atoms with Crippen LogP contribution < -0.4 is 21.3 Å². The Labute approximate surface area is 828 Å². The lowest BCUT2D eigenvalue weighted by Gasteiger charge is -2.61. The van der Waals surface area contributed by atoms with Crippen LogP contribution in [0.2, 0.25) is 0 Å². The molecule has 16 bridgehead atoms. The first-order valence-electron chi connectivity index (χ1n) is 52.7. The Morgan fingerprint density at radius 2 is 0.486 bits per heavy atom. The number of aliphatic hydroxyl groups is 4. The molecule has 4 aliphatic heterocycles. The molecule has 0 radical (unpaired) electrons. The van der Waals surface area contributed by atoms with Gasteiger partial charge in [0.25, 0.3) is 24.1 Å². The Bertz CT molecular complexity index is 6600. The number of aliphatic hydroxyl groups excluding tert-OH is 4. The van der Waals surface area contributed by atoms with Crippen molar-refractivity contribution >= 4 is 68.5 Å². The van der Waals surface area contributed by atoms with Gasteiger partial charge in [0.15, 0.2) is 22.3 Å². The average Bonchev–Trinajstić information content (AvgIpc) is 1.02. The molecule has 0 spiro atoms. The molecule has 736 valence electrons. The molecule has 28 heteroatoms. The molecule has 16 aromatic rings. The minimum absolute atomic E-state index is 0.106. The Morgan fingerprint density at radius 1 is 0.278 bits per heavy atom. The van der Waals surface area contributed by atoms with Crippen molar-refractivity contribution in [2.75, 3.05) is 21.3 Å². The quantitative estimate of drug-likeness (QED) is 0.0329. The Balaban J connectivity index is 0.0000000913. The zero-order chi connectivity index (χ0) is 96.1. The number of imidazole rings is 4. The lowest BCUT2D eigenvalue weighted by molar-refractivity contribution is -0.129. The fourth-order valence-electron chi connectivity index (χ4n) is 34.0. The summed E-state index contributed by atoms with van der Waals surface area (Å²) >= 11 is 0. The van der Waals surface area contributed by atoms with Crippen molar-refractivity contribution in [2.24, 2.45) is 92.7 Å². The van der Waals surface area contributed by atoms with Gasteiger partial charge in [-0.05, 0) is 320 Å². The number of halogens is 4. The van der Waals surface area contributed by atoms with E-state index in [2.05, 4.69) is 79.4 Å². The highest BCUT2D eigenvalue weighted by Crippen LogP contribution is 2.69. The van der Waals surface area contributed by atoms with E-state index in [0.717, 1.165) is 166 Å². The van der Waals surface area contributed by atoms with Crippen molar-refractivity contribution in [3.63, 3.8) is 0 Å². The minimum Gasteiger partial charge on any atom is -0.424 e. The third-order valence-corrected chi connectivity index (χ3v) is 38.9. The fourth-order valence-corrected chi connectivity index (χ4v) is 34.0. The molecular weight excluding hydrogens is 1820 g/mol. The Kier molecular flexibility index (Phi) is 20.4. The second kappa shape index (κ2) is 33.4. The molecule has 36 rings (SSSR count). The predicted octanol–water partition coefficient (Wildman–Crippen LogP) is 23.2. The molecular formula is C116H116F4N16O8. The molecule has 16 saturated carbocycles. The third kappa shape index (κ3) is 14.2. The standard InChI is InChI=1S/4C29H29FN4O2/c4*30-20-5-3-4-19-23-14-31-15-34(23)22(26(19)20)10-25(35)29-11-16-8-17(12-29)27(18(9-16)13-29)33-28-32-21-6-1-2-7-24(21)36-28/h4*1-7,14-18,22,25,27,35H,8-13H2,(H,32,33)/t2*16?,17?,18?,22-,25+,27?,29?;2*16?,17?,18?,22-,25-,27?,29?/m1010/s1. The maximum Gasteiger partial charge on any atom is 0.295 e. The molecule has 8 aromatic carbocycles. The molecule has 8 aromatic heterocycles. The summed E-state index contributed by atoms with van der Waals surface area (Å²) in [6, 6.07) is 55.3. The van der Waals surface area contributed by atoms with Crippen LogP contribution in [-0.2, 0) is 0 Å². The van der Waals surface area contributed by atoms with Gasteiger partial charge in [-0.3, -0.25) is 0 Å². The molecule has 0 saturated heterocycles. The summed E-state index contributed by atoms with van der Waals surface area (Å²) in [5.74, 6) is 5.69. The van der Waals surface area contributed by atoms with E-state index < -0.39 is 24.4 Å². The maximum absolute atomic E-state index is 15.0. The predicted molar refractivity (Wildman–Crippen MR) is 535 cm³/mol. The van der Waals surface area contributed by atoms with E-state index in [9.17, 15) is 38.0 Å². The number of fused-ring (bicyclic) bond motifs is 16. The summed E-state index contributed by atoms with van der Waals surface area (Å²) < 4.78 is 92.1. The normalized spacial score (nSPS) is 32.6. The number of hydrogen-bond acceptors (Lipinski definition) is 20. The number of hydrogen-bond donors (Lipinski definition) is 8. The smallest absolute Gasteiger partial charge is 0.295 e. The number of oxazole rings is 4. The number of rotatable bonds is 20. The molecule has 24 nitrogen and oxygen atoms in total. The lowest BCUT2D eigenvalue weighted by atomic mass is 9.46. The van der Waals surface area contributed by atoms with E-state index in [1.807, 2.05) is 121 Å². The monoisotopic (exact) mass is 1940 g/mol. The number of anilines is 4. The van der Waals surface area contributed by atoms with Gasteiger partial charge in [-0.15, -0.1) is 0 Å². The molecule has 16 aliphatic carbocycles. The molecule has 20 aliphatic rings. The van der Waals surface area contributed by atoms with Gasteiger partial charge in [0.05, 0.1) is 121 Å². The molecule has 16 fully saturated rings. The lowest BCUT2D eigenvalue weighted by Crippen LogP contribution is -2.59. The summed E-state index contributed by atoms with van der Waals surface area (Å²) in [5, 5.41) is 61.9. The number of nitrogens with zero attached hydrogens (tertiary/aromatic N) is 12. The van der Waals surface area contributed by atoms with E-state index in [1.165, 1.54) is 75.6 Å². The first-order chi connectivity index (χ1) is 70.3. The van der Waals surface area contributed by atoms with E-state index >= 15 is 0 Å². The first kappa shape index (κ1) is 87.8. The first-order valence-corrected chi connectivity index (χ1v) is 52.7. The number of aromatic nitrogens is 12. The van der Waals surface area contributed by atoms with Crippen LogP contribution in [0.25, 0.3) is 89.4 Å². The summed E-state index contributed by atoms with van der Waals surface area (Å²) in [6.07, 6.45) is 36.2. The maximum atomic E-state index is 15.0. The molecule has 144 heavy (non-hydrogen) atoms. The Morgan fingerprint density at radius 3 is 0.694 bits per heavy atom. The van der Waals surface area contributed by atoms with Crippen LogP contribution in [0.5, 0.6) is 0 Å². The highest BCUT2D eigenvalue weighted by atomic mass is 19.1. The summed E-state index contributed by atoms with van der Waals surface area (Å²) in [4.78, 5) is 35.9. The van der Waals surface area contributed by atoms with Gasteiger partial charge in [-0.1, -0.05) is 97.1 Å². The van der Waals surface area contributed by atoms with Crippen molar-refractivity contribution in [2.45, 2.75) is 227 Å². The van der Waals surface area contributed by atoms with Gasteiger partial charge < -0.3 is 77.6 Å². The minimum atomic E-state index is -0.485. The van der Waals surface area contributed by atoms with E-state index in [1.54, 1.807) is 74.4 Å². The van der Waals surface area contributed by atoms with Crippen LogP contribution in [0.4, 0.5) is 41.6 Å². The van der Waals surface area contributed by atoms with Crippen molar-refractivity contribution in [3.05, 3.63) is 265 Å². The number of nitrogens with one attached hydrogen (secondary N) is 4. The van der Waals surface area contributed by atoms with Crippen LogP contribution in [0.15, 0.2) is 238 Å². The molecule has 0 amide bonds. The molecule has 8 unspecified atom stereocenters. The van der Waals surface area contributed by atoms with Gasteiger partial charge in [0.1, 0.15) is 45.3 Å². The van der Waals surface area contributed by atoms with E-state index in [4.69, 9.17) is 17.7 Å².